The van der Waals surface area contributed by atoms with Gasteiger partial charge in [0.05, 0.1) is 13.5 Å². The zero-order valence-electron chi connectivity index (χ0n) is 10.2. The average molecular weight is 319 g/mol. The van der Waals surface area contributed by atoms with Crippen LogP contribution in [0.3, 0.4) is 0 Å². The Bertz CT molecular complexity index is 589. The molecule has 118 valence electrons. The van der Waals surface area contributed by atoms with Gasteiger partial charge in [0, 0.05) is 11.8 Å². The largest absolute Gasteiger partial charge is 0.574 e. The fourth-order valence-corrected chi connectivity index (χ4v) is 1.43. The van der Waals surface area contributed by atoms with Crippen molar-refractivity contribution in [1.29, 1.82) is 0 Å². The Morgan fingerprint density at radius 2 is 1.81 bits per heavy atom. The number of rotatable bonds is 3. The molecule has 1 aromatic heterocycles. The van der Waals surface area contributed by atoms with Crippen LogP contribution < -0.4 is 10.2 Å². The van der Waals surface area contributed by atoms with Gasteiger partial charge in [0.2, 0.25) is 5.88 Å². The number of methoxy groups -OCH3 is 1. The molecule has 0 aliphatic rings. The van der Waals surface area contributed by atoms with Gasteiger partial charge in [0.25, 0.3) is 0 Å². The van der Waals surface area contributed by atoms with Crippen molar-refractivity contribution < 1.29 is 40.6 Å². The van der Waals surface area contributed by atoms with Gasteiger partial charge in [-0.15, -0.1) is 13.2 Å². The SMILES string of the molecule is COC(=O)Cc1[nH]c(OC(F)(F)F)cc(=O)c1C(F)(F)F. The van der Waals surface area contributed by atoms with Gasteiger partial charge in [-0.25, -0.2) is 0 Å². The van der Waals surface area contributed by atoms with E-state index in [0.717, 1.165) is 7.11 Å². The van der Waals surface area contributed by atoms with Crippen molar-refractivity contribution in [1.82, 2.24) is 4.98 Å². The Labute approximate surface area is 112 Å². The second kappa shape index (κ2) is 5.66. The summed E-state index contributed by atoms with van der Waals surface area (Å²) in [5, 5.41) is 0. The summed E-state index contributed by atoms with van der Waals surface area (Å²) in [6, 6.07) is -0.00288. The van der Waals surface area contributed by atoms with Gasteiger partial charge in [-0.3, -0.25) is 9.59 Å². The smallest absolute Gasteiger partial charge is 0.469 e. The van der Waals surface area contributed by atoms with E-state index < -0.39 is 47.5 Å². The molecule has 0 saturated carbocycles. The highest BCUT2D eigenvalue weighted by Gasteiger charge is 2.39. The van der Waals surface area contributed by atoms with E-state index in [2.05, 4.69) is 9.47 Å². The van der Waals surface area contributed by atoms with Gasteiger partial charge < -0.3 is 14.5 Å². The number of aromatic amines is 1. The lowest BCUT2D eigenvalue weighted by Gasteiger charge is -2.14. The average Bonchev–Trinajstić information content (AvgIpc) is 2.23. The van der Waals surface area contributed by atoms with Crippen molar-refractivity contribution in [3.05, 3.63) is 27.5 Å². The lowest BCUT2D eigenvalue weighted by atomic mass is 10.1. The number of halogens is 6. The third-order valence-corrected chi connectivity index (χ3v) is 2.14. The fourth-order valence-electron chi connectivity index (χ4n) is 1.43. The number of carbonyl (C=O) groups is 1. The minimum Gasteiger partial charge on any atom is -0.469 e. The lowest BCUT2D eigenvalue weighted by Crippen LogP contribution is -2.26. The number of nitrogens with one attached hydrogen (secondary N) is 1. The van der Waals surface area contributed by atoms with Crippen LogP contribution in [0.15, 0.2) is 10.9 Å². The van der Waals surface area contributed by atoms with Crippen LogP contribution in [-0.4, -0.2) is 24.4 Å². The summed E-state index contributed by atoms with van der Waals surface area (Å²) in [4.78, 5) is 23.9. The predicted octanol–water partition coefficient (Wildman–Crippen LogP) is 2.01. The summed E-state index contributed by atoms with van der Waals surface area (Å²) in [6.45, 7) is 0. The summed E-state index contributed by atoms with van der Waals surface area (Å²) in [6.07, 6.45) is -11.4. The number of pyridine rings is 1. The molecule has 0 radical (unpaired) electrons. The first-order valence-electron chi connectivity index (χ1n) is 5.10. The Kier molecular flexibility index (Phi) is 4.54. The normalized spacial score (nSPS) is 12.1. The summed E-state index contributed by atoms with van der Waals surface area (Å²) in [7, 11) is 0.865. The van der Waals surface area contributed by atoms with Crippen molar-refractivity contribution in [2.45, 2.75) is 19.0 Å². The summed E-state index contributed by atoms with van der Waals surface area (Å²) in [5.74, 6) is -2.44. The van der Waals surface area contributed by atoms with Gasteiger partial charge >= 0.3 is 18.5 Å². The highest BCUT2D eigenvalue weighted by molar-refractivity contribution is 5.72. The minimum absolute atomic E-state index is 0.00288. The van der Waals surface area contributed by atoms with Gasteiger partial charge in [-0.1, -0.05) is 0 Å². The van der Waals surface area contributed by atoms with Gasteiger partial charge in [-0.2, -0.15) is 13.2 Å². The molecular weight excluding hydrogens is 312 g/mol. The van der Waals surface area contributed by atoms with Crippen LogP contribution in [0.4, 0.5) is 26.3 Å². The summed E-state index contributed by atoms with van der Waals surface area (Å²) < 4.78 is 81.6. The molecule has 0 aliphatic carbocycles. The predicted molar refractivity (Wildman–Crippen MR) is 54.5 cm³/mol. The van der Waals surface area contributed by atoms with E-state index >= 15 is 0 Å². The number of hydrogen-bond donors (Lipinski definition) is 1. The Hall–Kier alpha value is -2.20. The first-order valence-corrected chi connectivity index (χ1v) is 5.10. The molecule has 1 rings (SSSR count). The van der Waals surface area contributed by atoms with Crippen LogP contribution in [0.2, 0.25) is 0 Å². The van der Waals surface area contributed by atoms with Crippen LogP contribution in [-0.2, 0) is 22.1 Å². The number of alkyl halides is 6. The number of aromatic nitrogens is 1. The highest BCUT2D eigenvalue weighted by Crippen LogP contribution is 2.30. The third-order valence-electron chi connectivity index (χ3n) is 2.14. The van der Waals surface area contributed by atoms with Crippen molar-refractivity contribution in [2.24, 2.45) is 0 Å². The Morgan fingerprint density at radius 1 is 1.24 bits per heavy atom. The van der Waals surface area contributed by atoms with Crippen LogP contribution in [0.1, 0.15) is 11.3 Å². The number of ether oxygens (including phenoxy) is 2. The molecule has 21 heavy (non-hydrogen) atoms. The number of H-pyrrole nitrogens is 1. The van der Waals surface area contributed by atoms with Gasteiger partial charge in [0.15, 0.2) is 5.43 Å². The van der Waals surface area contributed by atoms with Crippen LogP contribution >= 0.6 is 0 Å². The van der Waals surface area contributed by atoms with E-state index in [1.807, 2.05) is 0 Å². The van der Waals surface area contributed by atoms with E-state index in [1.165, 1.54) is 0 Å². The molecule has 0 atom stereocenters. The first kappa shape index (κ1) is 16.9. The molecular formula is C10H7F6NO4. The van der Waals surface area contributed by atoms with Crippen molar-refractivity contribution in [3.63, 3.8) is 0 Å². The van der Waals surface area contributed by atoms with E-state index in [-0.39, 0.29) is 6.07 Å². The minimum atomic E-state index is -5.22. The zero-order chi connectivity index (χ0) is 16.4. The standard InChI is InChI=1S/C10H7F6NO4/c1-20-7(19)2-4-8(9(11,12)13)5(18)3-6(17-4)21-10(14,15)16/h3H,2H2,1H3,(H,17,18). The molecule has 0 aliphatic heterocycles. The second-order valence-corrected chi connectivity index (χ2v) is 3.65. The topological polar surface area (TPSA) is 68.4 Å². The summed E-state index contributed by atoms with van der Waals surface area (Å²) in [5.41, 5.74) is -4.64. The third kappa shape index (κ3) is 4.68. The number of esters is 1. The quantitative estimate of drug-likeness (QED) is 0.683. The maximum absolute atomic E-state index is 12.7. The molecule has 0 spiro atoms. The van der Waals surface area contributed by atoms with E-state index in [4.69, 9.17) is 0 Å². The fraction of sp³-hybridized carbons (Fsp3) is 0.400. The molecule has 0 fully saturated rings. The van der Waals surface area contributed by atoms with E-state index in [9.17, 15) is 35.9 Å². The molecule has 0 bridgehead atoms. The molecule has 1 N–H and O–H groups in total. The van der Waals surface area contributed by atoms with E-state index in [0.29, 0.717) is 0 Å². The number of carbonyl (C=O) groups excluding carboxylic acids is 1. The van der Waals surface area contributed by atoms with Gasteiger partial charge in [-0.05, 0) is 0 Å². The highest BCUT2D eigenvalue weighted by atomic mass is 19.4. The van der Waals surface area contributed by atoms with Crippen molar-refractivity contribution in [3.8, 4) is 5.88 Å². The molecule has 1 heterocycles. The van der Waals surface area contributed by atoms with Crippen molar-refractivity contribution in [2.75, 3.05) is 7.11 Å². The van der Waals surface area contributed by atoms with Crippen LogP contribution in [0.25, 0.3) is 0 Å². The van der Waals surface area contributed by atoms with E-state index in [1.54, 1.807) is 4.98 Å². The summed E-state index contributed by atoms with van der Waals surface area (Å²) >= 11 is 0. The Morgan fingerprint density at radius 3 is 2.24 bits per heavy atom. The molecule has 11 heteroatoms. The second-order valence-electron chi connectivity index (χ2n) is 3.65. The van der Waals surface area contributed by atoms with Crippen LogP contribution in [0, 0.1) is 0 Å². The number of hydrogen-bond acceptors (Lipinski definition) is 4. The lowest BCUT2D eigenvalue weighted by molar-refractivity contribution is -0.276. The molecule has 0 unspecified atom stereocenters. The van der Waals surface area contributed by atoms with Gasteiger partial charge in [0.1, 0.15) is 5.56 Å². The van der Waals surface area contributed by atoms with Crippen molar-refractivity contribution >= 4 is 5.97 Å². The monoisotopic (exact) mass is 319 g/mol. The molecule has 0 aromatic carbocycles. The molecule has 5 nitrogen and oxygen atoms in total. The molecule has 1 aromatic rings. The maximum Gasteiger partial charge on any atom is 0.574 e. The molecule has 0 amide bonds. The zero-order valence-corrected chi connectivity index (χ0v) is 10.2. The Balaban J connectivity index is 3.39. The maximum atomic E-state index is 12.7. The first-order chi connectivity index (χ1) is 9.44. The molecule has 0 saturated heterocycles. The van der Waals surface area contributed by atoms with Crippen LogP contribution in [0.5, 0.6) is 5.88 Å².